The van der Waals surface area contributed by atoms with Crippen LogP contribution in [0.15, 0.2) is 76.2 Å². The zero-order chi connectivity index (χ0) is 20.1. The molecule has 0 N–H and O–H groups in total. The second-order valence-corrected chi connectivity index (χ2v) is 8.87. The van der Waals surface area contributed by atoms with Crippen molar-refractivity contribution >= 4 is 27.2 Å². The Labute approximate surface area is 169 Å². The number of hydrogen-bond donors (Lipinski definition) is 0. The molecule has 0 aliphatic heterocycles. The molecule has 0 radical (unpaired) electrons. The van der Waals surface area contributed by atoms with Gasteiger partial charge in [0.15, 0.2) is 0 Å². The topological polar surface area (TPSA) is 59.4 Å². The smallest absolute Gasteiger partial charge is 0.266 e. The molecule has 0 bridgehead atoms. The third kappa shape index (κ3) is 4.86. The molecule has 0 saturated carbocycles. The Kier molecular flexibility index (Phi) is 5.93. The Morgan fingerprint density at radius 2 is 1.86 bits per heavy atom. The maximum absolute atomic E-state index is 12.9. The molecule has 3 aromatic rings. The molecule has 0 aliphatic rings. The molecule has 1 amide bonds. The quantitative estimate of drug-likeness (QED) is 0.575. The van der Waals surface area contributed by atoms with Gasteiger partial charge in [0.25, 0.3) is 5.91 Å². The summed E-state index contributed by atoms with van der Waals surface area (Å²) in [6.45, 7) is 1.89. The lowest BCUT2D eigenvalue weighted by atomic mass is 10.1. The number of benzene rings is 2. The van der Waals surface area contributed by atoms with Crippen LogP contribution < -0.4 is 0 Å². The lowest BCUT2D eigenvalue weighted by Gasteiger charge is -2.05. The predicted octanol–water partition coefficient (Wildman–Crippen LogP) is 4.74. The van der Waals surface area contributed by atoms with E-state index in [1.165, 1.54) is 12.5 Å². The zero-order valence-corrected chi connectivity index (χ0v) is 16.9. The first-order chi connectivity index (χ1) is 13.3. The molecule has 140 valence electrons. The maximum atomic E-state index is 12.9. The third-order valence-corrected chi connectivity index (χ3v) is 5.86. The van der Waals surface area contributed by atoms with Gasteiger partial charge in [0.2, 0.25) is 0 Å². The number of nitrogens with zero attached hydrogens (tertiary/aromatic N) is 2. The first kappa shape index (κ1) is 19.8. The molecule has 2 aromatic carbocycles. The van der Waals surface area contributed by atoms with E-state index in [1.54, 1.807) is 42.6 Å². The Bertz CT molecular complexity index is 1230. The van der Waals surface area contributed by atoms with E-state index in [4.69, 9.17) is 11.6 Å². The summed E-state index contributed by atoms with van der Waals surface area (Å²) in [7, 11) is -2.86. The highest BCUT2D eigenvalue weighted by Crippen LogP contribution is 2.16. The van der Waals surface area contributed by atoms with Crippen LogP contribution in [-0.2, 0) is 9.73 Å². The zero-order valence-electron chi connectivity index (χ0n) is 15.3. The van der Waals surface area contributed by atoms with E-state index >= 15 is 0 Å². The molecule has 3 rings (SSSR count). The number of aryl methyl sites for hydroxylation is 1. The molecule has 0 spiro atoms. The summed E-state index contributed by atoms with van der Waals surface area (Å²) in [4.78, 5) is 17.1. The van der Waals surface area contributed by atoms with Gasteiger partial charge in [-0.1, -0.05) is 47.7 Å². The van der Waals surface area contributed by atoms with Crippen molar-refractivity contribution in [3.8, 4) is 11.8 Å². The second kappa shape index (κ2) is 8.39. The van der Waals surface area contributed by atoms with E-state index in [0.29, 0.717) is 21.0 Å². The monoisotopic (exact) mass is 408 g/mol. The fraction of sp³-hybridized carbons (Fsp3) is 0.0909. The van der Waals surface area contributed by atoms with E-state index in [1.807, 2.05) is 25.1 Å². The summed E-state index contributed by atoms with van der Waals surface area (Å²) in [6.07, 6.45) is 4.39. The number of carbonyl (C=O) groups excluding carboxylic acids is 1. The minimum Gasteiger partial charge on any atom is -0.266 e. The van der Waals surface area contributed by atoms with Gasteiger partial charge in [0.1, 0.15) is 0 Å². The summed E-state index contributed by atoms with van der Waals surface area (Å²) in [5.74, 6) is 5.30. The maximum Gasteiger partial charge on any atom is 0.286 e. The highest BCUT2D eigenvalue weighted by Gasteiger charge is 2.12. The van der Waals surface area contributed by atoms with Gasteiger partial charge in [0, 0.05) is 34.7 Å². The van der Waals surface area contributed by atoms with Gasteiger partial charge < -0.3 is 0 Å². The molecule has 1 heterocycles. The first-order valence-corrected chi connectivity index (χ1v) is 10.7. The molecule has 1 unspecified atom stereocenters. The van der Waals surface area contributed by atoms with Crippen LogP contribution in [0, 0.1) is 18.8 Å². The van der Waals surface area contributed by atoms with Gasteiger partial charge in [-0.15, -0.1) is 0 Å². The van der Waals surface area contributed by atoms with Crippen molar-refractivity contribution in [1.82, 2.24) is 4.98 Å². The van der Waals surface area contributed by atoms with Gasteiger partial charge in [-0.25, -0.2) is 4.21 Å². The van der Waals surface area contributed by atoms with Crippen LogP contribution in [0.3, 0.4) is 0 Å². The first-order valence-electron chi connectivity index (χ1n) is 8.40. The van der Waals surface area contributed by atoms with E-state index in [-0.39, 0.29) is 5.56 Å². The number of carbonyl (C=O) groups is 1. The van der Waals surface area contributed by atoms with E-state index in [2.05, 4.69) is 21.2 Å². The fourth-order valence-electron chi connectivity index (χ4n) is 2.44. The van der Waals surface area contributed by atoms with Crippen molar-refractivity contribution < 1.29 is 9.00 Å². The molecule has 0 aliphatic carbocycles. The Morgan fingerprint density at radius 3 is 2.61 bits per heavy atom. The van der Waals surface area contributed by atoms with E-state index in [9.17, 15) is 9.00 Å². The molecule has 4 nitrogen and oxygen atoms in total. The lowest BCUT2D eigenvalue weighted by Crippen LogP contribution is -2.04. The lowest BCUT2D eigenvalue weighted by molar-refractivity contribution is 0.100. The summed E-state index contributed by atoms with van der Waals surface area (Å²) in [5, 5.41) is 0.550. The largest absolute Gasteiger partial charge is 0.286 e. The second-order valence-electron chi connectivity index (χ2n) is 6.21. The number of amides is 1. The predicted molar refractivity (Wildman–Crippen MR) is 112 cm³/mol. The van der Waals surface area contributed by atoms with Crippen LogP contribution in [0.2, 0.25) is 5.02 Å². The number of pyridine rings is 1. The van der Waals surface area contributed by atoms with Gasteiger partial charge in [-0.2, -0.15) is 4.36 Å². The number of hydrogen-bond acceptors (Lipinski definition) is 3. The molecular formula is C22H17ClN2O2S. The molecule has 28 heavy (non-hydrogen) atoms. The molecule has 1 atom stereocenters. The van der Waals surface area contributed by atoms with Crippen molar-refractivity contribution in [3.05, 3.63) is 94.3 Å². The van der Waals surface area contributed by atoms with Crippen LogP contribution in [0.1, 0.15) is 27.0 Å². The van der Waals surface area contributed by atoms with E-state index < -0.39 is 15.6 Å². The Morgan fingerprint density at radius 1 is 1.07 bits per heavy atom. The van der Waals surface area contributed by atoms with Crippen molar-refractivity contribution in [1.29, 1.82) is 0 Å². The summed E-state index contributed by atoms with van der Waals surface area (Å²) < 4.78 is 16.8. The van der Waals surface area contributed by atoms with Gasteiger partial charge in [-0.3, -0.25) is 9.78 Å². The van der Waals surface area contributed by atoms with E-state index in [0.717, 1.165) is 5.56 Å². The highest BCUT2D eigenvalue weighted by atomic mass is 35.5. The summed E-state index contributed by atoms with van der Waals surface area (Å²) in [6, 6.07) is 16.0. The van der Waals surface area contributed by atoms with Gasteiger partial charge >= 0.3 is 0 Å². The highest BCUT2D eigenvalue weighted by molar-refractivity contribution is 7.93. The number of rotatable bonds is 2. The average Bonchev–Trinajstić information content (AvgIpc) is 2.67. The molecular weight excluding hydrogens is 392 g/mol. The Balaban J connectivity index is 1.91. The SMILES string of the molecule is Cc1cccc(S(C)(=O)=NC(=O)c2cncc(C#Cc3ccccc3Cl)c2)c1. The standard InChI is InChI=1S/C22H17ClN2O2S/c1-16-6-5-8-20(12-16)28(2,27)25-22(26)19-13-17(14-24-15-19)10-11-18-7-3-4-9-21(18)23/h3-9,12-15H,1-2H3. The van der Waals surface area contributed by atoms with Crippen LogP contribution in [-0.4, -0.2) is 21.4 Å². The number of halogens is 1. The summed E-state index contributed by atoms with van der Waals surface area (Å²) in [5.41, 5.74) is 2.40. The summed E-state index contributed by atoms with van der Waals surface area (Å²) >= 11 is 6.09. The van der Waals surface area contributed by atoms with Crippen molar-refractivity contribution in [2.45, 2.75) is 11.8 Å². The Hall–Kier alpha value is -2.94. The fourth-order valence-corrected chi connectivity index (χ4v) is 3.89. The number of aromatic nitrogens is 1. The van der Waals surface area contributed by atoms with Crippen LogP contribution in [0.5, 0.6) is 0 Å². The molecule has 6 heteroatoms. The molecule has 0 fully saturated rings. The van der Waals surface area contributed by atoms with Crippen molar-refractivity contribution in [2.75, 3.05) is 6.26 Å². The molecule has 0 saturated heterocycles. The third-order valence-electron chi connectivity index (χ3n) is 3.88. The minimum atomic E-state index is -2.86. The van der Waals surface area contributed by atoms with Crippen LogP contribution in [0.25, 0.3) is 0 Å². The van der Waals surface area contributed by atoms with Crippen LogP contribution in [0.4, 0.5) is 0 Å². The normalized spacial score (nSPS) is 12.4. The van der Waals surface area contributed by atoms with Crippen LogP contribution >= 0.6 is 11.6 Å². The average molecular weight is 409 g/mol. The van der Waals surface area contributed by atoms with Gasteiger partial charge in [0.05, 0.1) is 20.3 Å². The minimum absolute atomic E-state index is 0.230. The van der Waals surface area contributed by atoms with Gasteiger partial charge in [-0.05, 0) is 42.8 Å². The molecule has 1 aromatic heterocycles. The van der Waals surface area contributed by atoms with Crippen molar-refractivity contribution in [3.63, 3.8) is 0 Å². The van der Waals surface area contributed by atoms with Crippen molar-refractivity contribution in [2.24, 2.45) is 4.36 Å².